The molecule has 1 aliphatic rings. The van der Waals surface area contributed by atoms with Crippen molar-refractivity contribution in [1.29, 1.82) is 0 Å². The molecule has 6 nitrogen and oxygen atoms in total. The third-order valence-corrected chi connectivity index (χ3v) is 4.75. The first kappa shape index (κ1) is 19.2. The fraction of sp³-hybridized carbons (Fsp3) is 0.529. The van der Waals surface area contributed by atoms with E-state index in [2.05, 4.69) is 15.5 Å². The number of hydrogen-bond acceptors (Lipinski definition) is 4. The molecule has 0 aliphatic carbocycles. The summed E-state index contributed by atoms with van der Waals surface area (Å²) in [4.78, 5) is 14.3. The summed E-state index contributed by atoms with van der Waals surface area (Å²) in [5, 5.41) is 11.1. The van der Waals surface area contributed by atoms with Crippen LogP contribution in [0.1, 0.15) is 30.3 Å². The highest BCUT2D eigenvalue weighted by molar-refractivity contribution is 5.81. The number of hydrogen-bond donors (Lipinski definition) is 0. The molecule has 0 bridgehead atoms. The van der Waals surface area contributed by atoms with E-state index in [4.69, 9.17) is 0 Å². The summed E-state index contributed by atoms with van der Waals surface area (Å²) in [6, 6.07) is 4.79. The van der Waals surface area contributed by atoms with E-state index in [0.29, 0.717) is 11.4 Å². The molecule has 0 spiro atoms. The largest absolute Gasteiger partial charge is 0.393 e. The highest BCUT2D eigenvalue weighted by Gasteiger charge is 2.43. The van der Waals surface area contributed by atoms with E-state index >= 15 is 0 Å². The molecule has 0 N–H and O–H groups in total. The topological polar surface area (TPSA) is 63.9 Å². The van der Waals surface area contributed by atoms with E-state index < -0.39 is 29.9 Å². The van der Waals surface area contributed by atoms with Gasteiger partial charge >= 0.3 is 6.18 Å². The molecule has 2 aromatic rings. The van der Waals surface area contributed by atoms with Crippen LogP contribution in [0.2, 0.25) is 0 Å². The summed E-state index contributed by atoms with van der Waals surface area (Å²) in [6.07, 6.45) is -3.99. The van der Waals surface area contributed by atoms with Crippen molar-refractivity contribution in [1.82, 2.24) is 25.1 Å². The Morgan fingerprint density at radius 3 is 2.78 bits per heavy atom. The number of tetrazole rings is 1. The average molecular weight is 385 g/mol. The van der Waals surface area contributed by atoms with Crippen LogP contribution < -0.4 is 0 Å². The quantitative estimate of drug-likeness (QED) is 0.760. The maximum absolute atomic E-state index is 13.5. The smallest absolute Gasteiger partial charge is 0.340 e. The average Bonchev–Trinajstić information content (AvgIpc) is 3.04. The lowest BCUT2D eigenvalue weighted by atomic mass is 9.96. The van der Waals surface area contributed by atoms with Gasteiger partial charge in [-0.15, -0.1) is 5.10 Å². The molecule has 1 amide bonds. The van der Waals surface area contributed by atoms with Crippen molar-refractivity contribution in [2.75, 3.05) is 13.1 Å². The number of rotatable bonds is 4. The highest BCUT2D eigenvalue weighted by atomic mass is 19.4. The Hall–Kier alpha value is -2.52. The molecule has 3 rings (SSSR count). The Bertz CT molecular complexity index is 807. The van der Waals surface area contributed by atoms with Gasteiger partial charge < -0.3 is 4.90 Å². The molecule has 1 aromatic heterocycles. The molecular weight excluding hydrogens is 366 g/mol. The first-order valence-corrected chi connectivity index (χ1v) is 8.60. The zero-order valence-corrected chi connectivity index (χ0v) is 14.7. The number of likely N-dealkylation sites (tertiary alicyclic amines) is 1. The summed E-state index contributed by atoms with van der Waals surface area (Å²) in [5.41, 5.74) is 0.535. The Labute approximate surface area is 153 Å². The summed E-state index contributed by atoms with van der Waals surface area (Å²) < 4.78 is 54.1. The van der Waals surface area contributed by atoms with E-state index in [9.17, 15) is 22.4 Å². The first-order chi connectivity index (χ1) is 12.8. The Morgan fingerprint density at radius 2 is 2.15 bits per heavy atom. The molecule has 146 valence electrons. The maximum atomic E-state index is 13.5. The highest BCUT2D eigenvalue weighted by Crippen LogP contribution is 2.34. The maximum Gasteiger partial charge on any atom is 0.393 e. The standard InChI is InChI=1S/C17H19F4N5O/c1-11-22-23-24-26(11)15(9-12-4-2-6-14(18)8-12)16(27)25-7-3-5-13(10-25)17(19,20)21/h2,4,6,8,13,15H,3,5,7,9-10H2,1H3/t13-,15+/m1/s1. The van der Waals surface area contributed by atoms with E-state index in [0.717, 1.165) is 0 Å². The summed E-state index contributed by atoms with van der Waals surface area (Å²) in [5.74, 6) is -2.14. The Balaban J connectivity index is 1.86. The number of carbonyl (C=O) groups is 1. The van der Waals surface area contributed by atoms with Gasteiger partial charge in [0, 0.05) is 19.5 Å². The van der Waals surface area contributed by atoms with E-state index in [1.807, 2.05) is 0 Å². The Kier molecular flexibility index (Phi) is 5.43. The zero-order chi connectivity index (χ0) is 19.6. The van der Waals surface area contributed by atoms with Crippen LogP contribution in [0.15, 0.2) is 24.3 Å². The second kappa shape index (κ2) is 7.61. The molecule has 10 heteroatoms. The molecule has 0 unspecified atom stereocenters. The number of aromatic nitrogens is 4. The lowest BCUT2D eigenvalue weighted by Crippen LogP contribution is -2.47. The van der Waals surface area contributed by atoms with Crippen LogP contribution in [0, 0.1) is 18.7 Å². The number of amides is 1. The second-order valence-corrected chi connectivity index (χ2v) is 6.69. The molecule has 0 saturated carbocycles. The van der Waals surface area contributed by atoms with Gasteiger partial charge in [0.15, 0.2) is 0 Å². The molecule has 0 radical (unpaired) electrons. The number of benzene rings is 1. The van der Waals surface area contributed by atoms with Gasteiger partial charge in [0.25, 0.3) is 0 Å². The minimum absolute atomic E-state index is 0.00571. The second-order valence-electron chi connectivity index (χ2n) is 6.69. The number of aryl methyl sites for hydroxylation is 1. The molecule has 27 heavy (non-hydrogen) atoms. The van der Waals surface area contributed by atoms with E-state index in [-0.39, 0.29) is 32.4 Å². The predicted molar refractivity (Wildman–Crippen MR) is 87.1 cm³/mol. The van der Waals surface area contributed by atoms with Crippen LogP contribution in [0.25, 0.3) is 0 Å². The van der Waals surface area contributed by atoms with Crippen molar-refractivity contribution in [3.05, 3.63) is 41.5 Å². The molecule has 2 atom stereocenters. The number of halogens is 4. The lowest BCUT2D eigenvalue weighted by Gasteiger charge is -2.35. The third-order valence-electron chi connectivity index (χ3n) is 4.75. The minimum Gasteiger partial charge on any atom is -0.340 e. The number of piperidine rings is 1. The summed E-state index contributed by atoms with van der Waals surface area (Å²) in [7, 11) is 0. The van der Waals surface area contributed by atoms with Crippen molar-refractivity contribution in [3.8, 4) is 0 Å². The SMILES string of the molecule is Cc1nnnn1[C@@H](Cc1cccc(F)c1)C(=O)N1CCC[C@@H](C(F)(F)F)C1. The molecule has 1 saturated heterocycles. The van der Waals surface area contributed by atoms with Gasteiger partial charge in [0.2, 0.25) is 5.91 Å². The molecule has 1 fully saturated rings. The summed E-state index contributed by atoms with van der Waals surface area (Å²) in [6.45, 7) is 1.45. The molecule has 1 aromatic carbocycles. The van der Waals surface area contributed by atoms with Crippen molar-refractivity contribution < 1.29 is 22.4 Å². The van der Waals surface area contributed by atoms with Crippen molar-refractivity contribution in [3.63, 3.8) is 0 Å². The van der Waals surface area contributed by atoms with Crippen LogP contribution in [-0.4, -0.2) is 50.3 Å². The number of nitrogens with zero attached hydrogens (tertiary/aromatic N) is 5. The van der Waals surface area contributed by atoms with Crippen LogP contribution in [-0.2, 0) is 11.2 Å². The van der Waals surface area contributed by atoms with Crippen LogP contribution in [0.5, 0.6) is 0 Å². The van der Waals surface area contributed by atoms with Crippen molar-refractivity contribution in [2.24, 2.45) is 5.92 Å². The number of alkyl halides is 3. The van der Waals surface area contributed by atoms with Gasteiger partial charge in [0.05, 0.1) is 5.92 Å². The van der Waals surface area contributed by atoms with Gasteiger partial charge in [-0.25, -0.2) is 9.07 Å². The van der Waals surface area contributed by atoms with Crippen molar-refractivity contribution in [2.45, 2.75) is 38.4 Å². The first-order valence-electron chi connectivity index (χ1n) is 8.60. The van der Waals surface area contributed by atoms with Crippen LogP contribution >= 0.6 is 0 Å². The van der Waals surface area contributed by atoms with Crippen molar-refractivity contribution >= 4 is 5.91 Å². The summed E-state index contributed by atoms with van der Waals surface area (Å²) >= 11 is 0. The van der Waals surface area contributed by atoms with Crippen LogP contribution in [0.4, 0.5) is 17.6 Å². The Morgan fingerprint density at radius 1 is 1.37 bits per heavy atom. The van der Waals surface area contributed by atoms with Gasteiger partial charge in [-0.3, -0.25) is 4.79 Å². The third kappa shape index (κ3) is 4.42. The van der Waals surface area contributed by atoms with Gasteiger partial charge in [0.1, 0.15) is 17.7 Å². The van der Waals surface area contributed by atoms with E-state index in [1.54, 1.807) is 13.0 Å². The zero-order valence-electron chi connectivity index (χ0n) is 14.7. The fourth-order valence-electron chi connectivity index (χ4n) is 3.35. The monoisotopic (exact) mass is 385 g/mol. The predicted octanol–water partition coefficient (Wildman–Crippen LogP) is 2.71. The van der Waals surface area contributed by atoms with E-state index in [1.165, 1.54) is 27.8 Å². The lowest BCUT2D eigenvalue weighted by molar-refractivity contribution is -0.188. The molecular formula is C17H19F4N5O. The van der Waals surface area contributed by atoms with Crippen LogP contribution in [0.3, 0.4) is 0 Å². The molecule has 2 heterocycles. The molecule has 1 aliphatic heterocycles. The van der Waals surface area contributed by atoms with Gasteiger partial charge in [-0.05, 0) is 47.9 Å². The normalized spacial score (nSPS) is 19.1. The minimum atomic E-state index is -4.35. The fourth-order valence-corrected chi connectivity index (χ4v) is 3.35. The number of carbonyl (C=O) groups excluding carboxylic acids is 1. The van der Waals surface area contributed by atoms with Gasteiger partial charge in [-0.1, -0.05) is 12.1 Å². The van der Waals surface area contributed by atoms with Gasteiger partial charge in [-0.2, -0.15) is 13.2 Å².